The SMILES string of the molecule is O=C(NC1CC[NH+](Cc2ccccc2)CC1)C12CC3CC(CC(C3)C1)C2.[Cl-]. The van der Waals surface area contributed by atoms with Crippen LogP contribution < -0.4 is 22.6 Å². The number of nitrogens with one attached hydrogen (secondary N) is 2. The summed E-state index contributed by atoms with van der Waals surface area (Å²) < 4.78 is 0. The van der Waals surface area contributed by atoms with Gasteiger partial charge in [0, 0.05) is 29.9 Å². The number of benzene rings is 1. The molecule has 1 aromatic carbocycles. The molecule has 4 aliphatic carbocycles. The fourth-order valence-corrected chi connectivity index (χ4v) is 6.96. The van der Waals surface area contributed by atoms with E-state index >= 15 is 0 Å². The lowest BCUT2D eigenvalue weighted by atomic mass is 9.49. The van der Waals surface area contributed by atoms with Gasteiger partial charge in [0.2, 0.25) is 5.91 Å². The number of halogens is 1. The minimum absolute atomic E-state index is 0. The highest BCUT2D eigenvalue weighted by molar-refractivity contribution is 5.83. The molecule has 0 radical (unpaired) electrons. The van der Waals surface area contributed by atoms with E-state index < -0.39 is 0 Å². The van der Waals surface area contributed by atoms with Crippen LogP contribution in [0.2, 0.25) is 0 Å². The van der Waals surface area contributed by atoms with E-state index in [9.17, 15) is 4.79 Å². The molecule has 1 amide bonds. The minimum Gasteiger partial charge on any atom is -1.00 e. The number of hydrogen-bond donors (Lipinski definition) is 2. The van der Waals surface area contributed by atoms with Crippen LogP contribution in [-0.4, -0.2) is 25.0 Å². The molecule has 0 spiro atoms. The first kappa shape index (κ1) is 19.3. The quantitative estimate of drug-likeness (QED) is 0.721. The number of likely N-dealkylation sites (tertiary alicyclic amines) is 1. The molecule has 0 atom stereocenters. The smallest absolute Gasteiger partial charge is 0.226 e. The van der Waals surface area contributed by atoms with Crippen LogP contribution >= 0.6 is 0 Å². The van der Waals surface area contributed by atoms with Crippen molar-refractivity contribution in [2.75, 3.05) is 13.1 Å². The number of hydrogen-bond acceptors (Lipinski definition) is 1. The molecule has 1 heterocycles. The molecule has 4 saturated carbocycles. The van der Waals surface area contributed by atoms with Crippen LogP contribution in [0.5, 0.6) is 0 Å². The van der Waals surface area contributed by atoms with Crippen molar-refractivity contribution < 1.29 is 22.1 Å². The van der Waals surface area contributed by atoms with Crippen LogP contribution in [0, 0.1) is 23.2 Å². The van der Waals surface area contributed by atoms with Crippen LogP contribution in [0.4, 0.5) is 0 Å². The molecule has 1 saturated heterocycles. The van der Waals surface area contributed by atoms with Gasteiger partial charge in [-0.15, -0.1) is 0 Å². The molecule has 1 aliphatic heterocycles. The van der Waals surface area contributed by atoms with Gasteiger partial charge in [-0.25, -0.2) is 0 Å². The van der Waals surface area contributed by atoms with Gasteiger partial charge in [-0.2, -0.15) is 0 Å². The molecule has 3 nitrogen and oxygen atoms in total. The monoisotopic (exact) mass is 388 g/mol. The predicted octanol–water partition coefficient (Wildman–Crippen LogP) is -0.429. The Labute approximate surface area is 169 Å². The van der Waals surface area contributed by atoms with E-state index in [1.807, 2.05) is 0 Å². The van der Waals surface area contributed by atoms with Gasteiger partial charge >= 0.3 is 0 Å². The largest absolute Gasteiger partial charge is 1.00 e. The molecule has 5 aliphatic rings. The Balaban J connectivity index is 0.00000180. The fourth-order valence-electron chi connectivity index (χ4n) is 6.96. The van der Waals surface area contributed by atoms with Crippen molar-refractivity contribution in [3.63, 3.8) is 0 Å². The summed E-state index contributed by atoms with van der Waals surface area (Å²) in [6.07, 6.45) is 10.1. The Morgan fingerprint density at radius 2 is 1.52 bits per heavy atom. The van der Waals surface area contributed by atoms with Gasteiger partial charge < -0.3 is 22.6 Å². The Morgan fingerprint density at radius 3 is 2.07 bits per heavy atom. The number of quaternary nitrogens is 1. The lowest BCUT2D eigenvalue weighted by Crippen LogP contribution is -3.12. The van der Waals surface area contributed by atoms with E-state index in [-0.39, 0.29) is 17.8 Å². The summed E-state index contributed by atoms with van der Waals surface area (Å²) in [4.78, 5) is 14.9. The fraction of sp³-hybridized carbons (Fsp3) is 0.696. The molecule has 6 rings (SSSR count). The highest BCUT2D eigenvalue weighted by Gasteiger charge is 2.54. The van der Waals surface area contributed by atoms with Gasteiger partial charge in [-0.05, 0) is 56.3 Å². The Morgan fingerprint density at radius 1 is 0.963 bits per heavy atom. The maximum Gasteiger partial charge on any atom is 0.226 e. The third-order valence-corrected chi connectivity index (χ3v) is 7.84. The summed E-state index contributed by atoms with van der Waals surface area (Å²) in [5, 5.41) is 3.51. The zero-order valence-electron chi connectivity index (χ0n) is 16.3. The third kappa shape index (κ3) is 3.91. The normalized spacial score (nSPS) is 39.6. The van der Waals surface area contributed by atoms with Crippen molar-refractivity contribution in [3.8, 4) is 0 Å². The van der Waals surface area contributed by atoms with Crippen molar-refractivity contribution >= 4 is 5.91 Å². The summed E-state index contributed by atoms with van der Waals surface area (Å²) in [5.74, 6) is 2.98. The summed E-state index contributed by atoms with van der Waals surface area (Å²) in [6.45, 7) is 3.48. The number of carbonyl (C=O) groups is 1. The van der Waals surface area contributed by atoms with E-state index in [0.29, 0.717) is 11.9 Å². The Kier molecular flexibility index (Phi) is 5.53. The second-order valence-corrected chi connectivity index (χ2v) is 9.86. The van der Waals surface area contributed by atoms with E-state index in [1.54, 1.807) is 4.90 Å². The summed E-state index contributed by atoms with van der Waals surface area (Å²) in [6, 6.07) is 11.2. The second-order valence-electron chi connectivity index (χ2n) is 9.86. The number of piperidine rings is 1. The maximum absolute atomic E-state index is 13.2. The van der Waals surface area contributed by atoms with E-state index in [4.69, 9.17) is 0 Å². The summed E-state index contributed by atoms with van der Waals surface area (Å²) in [7, 11) is 0. The van der Waals surface area contributed by atoms with Crippen LogP contribution in [0.1, 0.15) is 56.9 Å². The van der Waals surface area contributed by atoms with Gasteiger partial charge in [-0.1, -0.05) is 30.3 Å². The molecule has 0 unspecified atom stereocenters. The third-order valence-electron chi connectivity index (χ3n) is 7.84. The minimum atomic E-state index is 0. The molecular formula is C23H33ClN2O. The molecule has 1 aromatic rings. The molecular weight excluding hydrogens is 356 g/mol. The van der Waals surface area contributed by atoms with Crippen molar-refractivity contribution in [1.82, 2.24) is 5.32 Å². The van der Waals surface area contributed by atoms with E-state index in [1.165, 1.54) is 57.2 Å². The molecule has 4 bridgehead atoms. The van der Waals surface area contributed by atoms with Crippen LogP contribution in [0.15, 0.2) is 30.3 Å². The van der Waals surface area contributed by atoms with E-state index in [0.717, 1.165) is 37.1 Å². The van der Waals surface area contributed by atoms with Crippen molar-refractivity contribution in [2.45, 2.75) is 64.0 Å². The number of amides is 1. The average Bonchev–Trinajstić information content (AvgIpc) is 2.63. The maximum atomic E-state index is 13.2. The van der Waals surface area contributed by atoms with Crippen molar-refractivity contribution in [2.24, 2.45) is 23.2 Å². The zero-order valence-corrected chi connectivity index (χ0v) is 17.0. The highest BCUT2D eigenvalue weighted by Crippen LogP contribution is 2.60. The second kappa shape index (κ2) is 7.75. The molecule has 2 N–H and O–H groups in total. The first-order valence-corrected chi connectivity index (χ1v) is 10.9. The standard InChI is InChI=1S/C23H32N2O.ClH/c26-22(23-13-18-10-19(14-23)12-20(11-18)15-23)24-21-6-8-25(9-7-21)16-17-4-2-1-3-5-17;/h1-5,18-21H,6-16H2,(H,24,26);1H. The van der Waals surface area contributed by atoms with Crippen LogP contribution in [0.3, 0.4) is 0 Å². The van der Waals surface area contributed by atoms with Gasteiger partial charge in [0.1, 0.15) is 6.54 Å². The number of carbonyl (C=O) groups excluding carboxylic acids is 1. The van der Waals surface area contributed by atoms with E-state index in [2.05, 4.69) is 35.6 Å². The van der Waals surface area contributed by atoms with Crippen LogP contribution in [0.25, 0.3) is 0 Å². The molecule has 4 heteroatoms. The molecule has 148 valence electrons. The van der Waals surface area contributed by atoms with Crippen molar-refractivity contribution in [1.29, 1.82) is 0 Å². The van der Waals surface area contributed by atoms with Gasteiger partial charge in [0.05, 0.1) is 13.1 Å². The molecule has 5 fully saturated rings. The lowest BCUT2D eigenvalue weighted by Gasteiger charge is -2.56. The zero-order chi connectivity index (χ0) is 17.6. The molecule has 27 heavy (non-hydrogen) atoms. The van der Waals surface area contributed by atoms with Crippen LogP contribution in [-0.2, 0) is 11.3 Å². The first-order valence-electron chi connectivity index (χ1n) is 10.9. The topological polar surface area (TPSA) is 33.5 Å². The van der Waals surface area contributed by atoms with Crippen molar-refractivity contribution in [3.05, 3.63) is 35.9 Å². The summed E-state index contributed by atoms with van der Waals surface area (Å²) >= 11 is 0. The first-order chi connectivity index (χ1) is 12.7. The van der Waals surface area contributed by atoms with Gasteiger partial charge in [0.25, 0.3) is 0 Å². The molecule has 0 aromatic heterocycles. The average molecular weight is 389 g/mol. The van der Waals surface area contributed by atoms with Gasteiger partial charge in [0.15, 0.2) is 0 Å². The Hall–Kier alpha value is -1.06. The number of rotatable bonds is 4. The summed E-state index contributed by atoms with van der Waals surface area (Å²) in [5.41, 5.74) is 1.45. The van der Waals surface area contributed by atoms with Gasteiger partial charge in [-0.3, -0.25) is 4.79 Å². The predicted molar refractivity (Wildman–Crippen MR) is 103 cm³/mol. The lowest BCUT2D eigenvalue weighted by molar-refractivity contribution is -0.918. The Bertz CT molecular complexity index is 618. The highest BCUT2D eigenvalue weighted by atomic mass is 35.5.